The molecule has 29 heavy (non-hydrogen) atoms. The van der Waals surface area contributed by atoms with Gasteiger partial charge in [-0.15, -0.1) is 0 Å². The lowest BCUT2D eigenvalue weighted by atomic mass is 9.97. The van der Waals surface area contributed by atoms with E-state index in [9.17, 15) is 14.4 Å². The fraction of sp³-hybridized carbons (Fsp3) is 0.318. The van der Waals surface area contributed by atoms with Crippen LogP contribution in [0.1, 0.15) is 49.0 Å². The molecule has 0 heterocycles. The molecular weight excluding hydrogens is 392 g/mol. The number of benzene rings is 2. The molecule has 2 atom stereocenters. The molecule has 2 aromatic rings. The summed E-state index contributed by atoms with van der Waals surface area (Å²) >= 11 is 5.78. The summed E-state index contributed by atoms with van der Waals surface area (Å²) in [6.45, 7) is 5.30. The maximum atomic E-state index is 12.4. The predicted molar refractivity (Wildman–Crippen MR) is 113 cm³/mol. The molecule has 0 fully saturated rings. The molecule has 6 nitrogen and oxygen atoms in total. The number of carbonyl (C=O) groups is 3. The lowest BCUT2D eigenvalue weighted by Crippen LogP contribution is -2.36. The molecule has 0 aliphatic carbocycles. The number of para-hydroxylation sites is 1. The third kappa shape index (κ3) is 6.61. The summed E-state index contributed by atoms with van der Waals surface area (Å²) in [6.07, 6.45) is -0.0648. The molecule has 0 spiro atoms. The first-order valence-electron chi connectivity index (χ1n) is 9.44. The van der Waals surface area contributed by atoms with Gasteiger partial charge in [-0.3, -0.25) is 14.4 Å². The summed E-state index contributed by atoms with van der Waals surface area (Å²) in [7, 11) is 0. The molecular formula is C22H25ClN2O4. The van der Waals surface area contributed by atoms with Gasteiger partial charge >= 0.3 is 5.97 Å². The van der Waals surface area contributed by atoms with Crippen LogP contribution in [0, 0.1) is 0 Å². The highest BCUT2D eigenvalue weighted by Crippen LogP contribution is 2.26. The zero-order valence-electron chi connectivity index (χ0n) is 16.7. The van der Waals surface area contributed by atoms with Gasteiger partial charge in [0, 0.05) is 16.3 Å². The molecule has 0 radical (unpaired) electrons. The largest absolute Gasteiger partial charge is 0.451 e. The van der Waals surface area contributed by atoms with Gasteiger partial charge in [0.25, 0.3) is 11.8 Å². The second-order valence-corrected chi connectivity index (χ2v) is 7.14. The number of nitrogens with one attached hydrogen (secondary N) is 2. The summed E-state index contributed by atoms with van der Waals surface area (Å²) in [4.78, 5) is 36.4. The quantitative estimate of drug-likeness (QED) is 0.633. The first-order chi connectivity index (χ1) is 13.8. The van der Waals surface area contributed by atoms with Gasteiger partial charge in [-0.25, -0.2) is 0 Å². The van der Waals surface area contributed by atoms with Crippen molar-refractivity contribution in [2.24, 2.45) is 0 Å². The Morgan fingerprint density at radius 3 is 2.34 bits per heavy atom. The molecule has 0 aliphatic heterocycles. The minimum absolute atomic E-state index is 0.285. The molecule has 0 bridgehead atoms. The second-order valence-electron chi connectivity index (χ2n) is 6.71. The smallest absolute Gasteiger partial charge is 0.326 e. The van der Waals surface area contributed by atoms with Crippen LogP contribution in [0.2, 0.25) is 5.02 Å². The van der Waals surface area contributed by atoms with Crippen LogP contribution in [0.3, 0.4) is 0 Å². The molecule has 154 valence electrons. The van der Waals surface area contributed by atoms with Crippen LogP contribution >= 0.6 is 11.6 Å². The van der Waals surface area contributed by atoms with E-state index in [1.54, 1.807) is 24.3 Å². The van der Waals surface area contributed by atoms with Crippen molar-refractivity contribution in [2.75, 3.05) is 11.9 Å². The molecule has 2 unspecified atom stereocenters. The van der Waals surface area contributed by atoms with Crippen molar-refractivity contribution in [3.05, 3.63) is 64.7 Å². The first-order valence-corrected chi connectivity index (χ1v) is 9.82. The number of halogens is 1. The fourth-order valence-corrected chi connectivity index (χ4v) is 2.77. The van der Waals surface area contributed by atoms with Crippen LogP contribution in [-0.4, -0.2) is 30.4 Å². The Morgan fingerprint density at radius 1 is 1.03 bits per heavy atom. The van der Waals surface area contributed by atoms with Gasteiger partial charge in [-0.05, 0) is 55.2 Å². The van der Waals surface area contributed by atoms with Crippen LogP contribution in [0.25, 0.3) is 0 Å². The summed E-state index contributed by atoms with van der Waals surface area (Å²) in [5.74, 6) is -1.28. The number of esters is 1. The van der Waals surface area contributed by atoms with E-state index in [-0.39, 0.29) is 12.5 Å². The standard InChI is InChI=1S/C22H25ClN2O4/c1-4-14(2)18-7-5-6-8-19(18)25-21(27)15(3)29-20(26)13-24-22(28)16-9-11-17(23)12-10-16/h5-12,14-15H,4,13H2,1-3H3,(H,24,28)(H,25,27). The van der Waals surface area contributed by atoms with Gasteiger partial charge in [-0.1, -0.05) is 43.6 Å². The Kier molecular flexibility index (Phi) is 8.21. The van der Waals surface area contributed by atoms with Gasteiger partial charge in [-0.2, -0.15) is 0 Å². The van der Waals surface area contributed by atoms with Crippen molar-refractivity contribution in [1.82, 2.24) is 5.32 Å². The average molecular weight is 417 g/mol. The molecule has 2 aromatic carbocycles. The van der Waals surface area contributed by atoms with Gasteiger partial charge in [0.2, 0.25) is 0 Å². The normalized spacial score (nSPS) is 12.6. The predicted octanol–water partition coefficient (Wildman–Crippen LogP) is 4.15. The summed E-state index contributed by atoms with van der Waals surface area (Å²) < 4.78 is 5.13. The lowest BCUT2D eigenvalue weighted by molar-refractivity contribution is -0.152. The van der Waals surface area contributed by atoms with E-state index < -0.39 is 23.9 Å². The van der Waals surface area contributed by atoms with Crippen LogP contribution in [0.4, 0.5) is 5.69 Å². The van der Waals surface area contributed by atoms with Gasteiger partial charge in [0.05, 0.1) is 0 Å². The zero-order chi connectivity index (χ0) is 21.4. The van der Waals surface area contributed by atoms with Crippen molar-refractivity contribution in [3.8, 4) is 0 Å². The Morgan fingerprint density at radius 2 is 1.69 bits per heavy atom. The molecule has 0 saturated heterocycles. The van der Waals surface area contributed by atoms with E-state index in [1.807, 2.05) is 24.3 Å². The maximum Gasteiger partial charge on any atom is 0.326 e. The Bertz CT molecular complexity index is 867. The van der Waals surface area contributed by atoms with Crippen LogP contribution in [-0.2, 0) is 14.3 Å². The van der Waals surface area contributed by atoms with E-state index in [0.717, 1.165) is 12.0 Å². The van der Waals surface area contributed by atoms with Gasteiger partial charge in [0.1, 0.15) is 6.54 Å². The Labute approximate surface area is 175 Å². The van der Waals surface area contributed by atoms with Crippen LogP contribution in [0.5, 0.6) is 0 Å². The minimum atomic E-state index is -1.00. The molecule has 2 rings (SSSR count). The fourth-order valence-electron chi connectivity index (χ4n) is 2.64. The second kappa shape index (κ2) is 10.6. The lowest BCUT2D eigenvalue weighted by Gasteiger charge is -2.18. The SMILES string of the molecule is CCC(C)c1ccccc1NC(=O)C(C)OC(=O)CNC(=O)c1ccc(Cl)cc1. The van der Waals surface area contributed by atoms with Crippen molar-refractivity contribution in [2.45, 2.75) is 39.2 Å². The molecule has 2 amide bonds. The summed E-state index contributed by atoms with van der Waals surface area (Å²) in [5, 5.41) is 5.78. The number of hydrogen-bond acceptors (Lipinski definition) is 4. The van der Waals surface area contributed by atoms with E-state index in [4.69, 9.17) is 16.3 Å². The molecule has 0 saturated carbocycles. The molecule has 0 aliphatic rings. The summed E-state index contributed by atoms with van der Waals surface area (Å²) in [6, 6.07) is 13.8. The zero-order valence-corrected chi connectivity index (χ0v) is 17.5. The number of anilines is 1. The first kappa shape index (κ1) is 22.4. The molecule has 7 heteroatoms. The Balaban J connectivity index is 1.87. The highest BCUT2D eigenvalue weighted by Gasteiger charge is 2.20. The van der Waals surface area contributed by atoms with Crippen molar-refractivity contribution < 1.29 is 19.1 Å². The van der Waals surface area contributed by atoms with Gasteiger partial charge < -0.3 is 15.4 Å². The van der Waals surface area contributed by atoms with Crippen LogP contribution in [0.15, 0.2) is 48.5 Å². The third-order valence-corrected chi connectivity index (χ3v) is 4.79. The van der Waals surface area contributed by atoms with Crippen molar-refractivity contribution in [3.63, 3.8) is 0 Å². The number of hydrogen-bond donors (Lipinski definition) is 2. The number of carbonyl (C=O) groups excluding carboxylic acids is 3. The van der Waals surface area contributed by atoms with E-state index in [1.165, 1.54) is 6.92 Å². The molecule has 2 N–H and O–H groups in total. The van der Waals surface area contributed by atoms with Crippen molar-refractivity contribution >= 4 is 35.1 Å². The van der Waals surface area contributed by atoms with E-state index in [2.05, 4.69) is 24.5 Å². The molecule has 0 aromatic heterocycles. The Hall–Kier alpha value is -2.86. The monoisotopic (exact) mass is 416 g/mol. The van der Waals surface area contributed by atoms with Gasteiger partial charge in [0.15, 0.2) is 6.10 Å². The minimum Gasteiger partial charge on any atom is -0.451 e. The van der Waals surface area contributed by atoms with E-state index in [0.29, 0.717) is 16.3 Å². The highest BCUT2D eigenvalue weighted by molar-refractivity contribution is 6.30. The van der Waals surface area contributed by atoms with Crippen molar-refractivity contribution in [1.29, 1.82) is 0 Å². The summed E-state index contributed by atoms with van der Waals surface area (Å²) in [5.41, 5.74) is 2.09. The maximum absolute atomic E-state index is 12.4. The number of rotatable bonds is 8. The number of amides is 2. The average Bonchev–Trinajstić information content (AvgIpc) is 2.72. The topological polar surface area (TPSA) is 84.5 Å². The van der Waals surface area contributed by atoms with Crippen LogP contribution < -0.4 is 10.6 Å². The van der Waals surface area contributed by atoms with E-state index >= 15 is 0 Å². The third-order valence-electron chi connectivity index (χ3n) is 4.54. The highest BCUT2D eigenvalue weighted by atomic mass is 35.5. The number of ether oxygens (including phenoxy) is 1.